The van der Waals surface area contributed by atoms with Crippen molar-refractivity contribution < 1.29 is 0 Å². The number of nitrogens with zero attached hydrogens (tertiary/aromatic N) is 2. The van der Waals surface area contributed by atoms with Crippen LogP contribution in [0.3, 0.4) is 0 Å². The molecule has 0 spiro atoms. The summed E-state index contributed by atoms with van der Waals surface area (Å²) in [7, 11) is 2.00. The number of hydrogen-bond donors (Lipinski definition) is 1. The van der Waals surface area contributed by atoms with Gasteiger partial charge in [-0.15, -0.1) is 0 Å². The first kappa shape index (κ1) is 7.80. The summed E-state index contributed by atoms with van der Waals surface area (Å²) in [5.41, 5.74) is 7.16. The molecule has 0 aliphatic heterocycles. The van der Waals surface area contributed by atoms with Crippen LogP contribution < -0.4 is 5.73 Å². The summed E-state index contributed by atoms with van der Waals surface area (Å²) in [4.78, 5) is 4.36. The topological polar surface area (TPSA) is 43.8 Å². The Balaban J connectivity index is 2.27. The average Bonchev–Trinajstić information content (AvgIpc) is 2.35. The van der Waals surface area contributed by atoms with Crippen LogP contribution in [0, 0.1) is 0 Å². The van der Waals surface area contributed by atoms with Gasteiger partial charge in [0.15, 0.2) is 0 Å². The highest BCUT2D eigenvalue weighted by Crippen LogP contribution is 2.41. The minimum atomic E-state index is 0.223. The molecule has 66 valence electrons. The van der Waals surface area contributed by atoms with Crippen LogP contribution >= 0.6 is 0 Å². The molecule has 0 unspecified atom stereocenters. The van der Waals surface area contributed by atoms with Crippen molar-refractivity contribution >= 4 is 0 Å². The Morgan fingerprint density at radius 1 is 1.67 bits per heavy atom. The third kappa shape index (κ3) is 0.966. The smallest absolute Gasteiger partial charge is 0.0947 e. The molecule has 0 aromatic carbocycles. The Morgan fingerprint density at radius 2 is 2.42 bits per heavy atom. The summed E-state index contributed by atoms with van der Waals surface area (Å²) in [6.07, 6.45) is 7.66. The molecule has 0 bridgehead atoms. The fourth-order valence-electron chi connectivity index (χ4n) is 1.86. The highest BCUT2D eigenvalue weighted by atomic mass is 15.0. The molecule has 1 aromatic heterocycles. The van der Waals surface area contributed by atoms with E-state index in [9.17, 15) is 0 Å². The van der Waals surface area contributed by atoms with E-state index in [0.717, 1.165) is 6.54 Å². The van der Waals surface area contributed by atoms with Crippen molar-refractivity contribution in [3.05, 3.63) is 18.2 Å². The predicted octanol–water partition coefficient (Wildman–Crippen LogP) is 0.800. The van der Waals surface area contributed by atoms with Crippen LogP contribution in [0.5, 0.6) is 0 Å². The maximum atomic E-state index is 5.76. The van der Waals surface area contributed by atoms with Gasteiger partial charge >= 0.3 is 0 Å². The van der Waals surface area contributed by atoms with Gasteiger partial charge in [-0.25, -0.2) is 4.98 Å². The molecule has 12 heavy (non-hydrogen) atoms. The predicted molar refractivity (Wildman–Crippen MR) is 47.8 cm³/mol. The Bertz CT molecular complexity index is 268. The van der Waals surface area contributed by atoms with Gasteiger partial charge in [0.05, 0.1) is 12.0 Å². The summed E-state index contributed by atoms with van der Waals surface area (Å²) in [5.74, 6) is 0. The minimum absolute atomic E-state index is 0.223. The second-order valence-electron chi connectivity index (χ2n) is 3.76. The van der Waals surface area contributed by atoms with Crippen LogP contribution in [0.4, 0.5) is 0 Å². The lowest BCUT2D eigenvalue weighted by molar-refractivity contribution is 0.246. The van der Waals surface area contributed by atoms with Crippen LogP contribution in [0.2, 0.25) is 0 Å². The minimum Gasteiger partial charge on any atom is -0.340 e. The van der Waals surface area contributed by atoms with E-state index in [0.29, 0.717) is 0 Å². The van der Waals surface area contributed by atoms with Gasteiger partial charge in [0, 0.05) is 25.2 Å². The Morgan fingerprint density at radius 3 is 2.75 bits per heavy atom. The van der Waals surface area contributed by atoms with Crippen molar-refractivity contribution in [2.75, 3.05) is 6.54 Å². The number of aromatic nitrogens is 2. The van der Waals surface area contributed by atoms with E-state index < -0.39 is 0 Å². The van der Waals surface area contributed by atoms with Gasteiger partial charge in [-0.05, 0) is 12.8 Å². The first-order valence-electron chi connectivity index (χ1n) is 4.45. The first-order valence-corrected chi connectivity index (χ1v) is 4.45. The fourth-order valence-corrected chi connectivity index (χ4v) is 1.86. The van der Waals surface area contributed by atoms with Crippen molar-refractivity contribution in [3.63, 3.8) is 0 Å². The van der Waals surface area contributed by atoms with Gasteiger partial charge in [0.2, 0.25) is 0 Å². The monoisotopic (exact) mass is 165 g/mol. The molecule has 0 saturated heterocycles. The lowest BCUT2D eigenvalue weighted by atomic mass is 9.67. The molecule has 1 heterocycles. The van der Waals surface area contributed by atoms with E-state index in [1.165, 1.54) is 25.0 Å². The van der Waals surface area contributed by atoms with Crippen molar-refractivity contribution in [3.8, 4) is 0 Å². The van der Waals surface area contributed by atoms with Crippen molar-refractivity contribution in [1.82, 2.24) is 9.55 Å². The van der Waals surface area contributed by atoms with Crippen LogP contribution in [-0.4, -0.2) is 16.1 Å². The number of nitrogens with two attached hydrogens (primary N) is 1. The zero-order valence-electron chi connectivity index (χ0n) is 7.45. The van der Waals surface area contributed by atoms with Crippen LogP contribution in [0.25, 0.3) is 0 Å². The molecule has 1 aliphatic rings. The Hall–Kier alpha value is -0.830. The molecule has 1 aromatic rings. The van der Waals surface area contributed by atoms with Gasteiger partial charge in [0.25, 0.3) is 0 Å². The van der Waals surface area contributed by atoms with E-state index >= 15 is 0 Å². The van der Waals surface area contributed by atoms with E-state index in [2.05, 4.69) is 11.2 Å². The number of aryl methyl sites for hydroxylation is 1. The lowest BCUT2D eigenvalue weighted by Gasteiger charge is -2.39. The van der Waals surface area contributed by atoms with E-state index in [1.807, 2.05) is 17.9 Å². The standard InChI is InChI=1S/C9H15N3/c1-12-5-8(11-7-12)9(6-10)3-2-4-9/h5,7H,2-4,6,10H2,1H3. The molecule has 1 fully saturated rings. The van der Waals surface area contributed by atoms with E-state index in [4.69, 9.17) is 5.73 Å². The number of rotatable bonds is 2. The highest BCUT2D eigenvalue weighted by Gasteiger charge is 2.38. The summed E-state index contributed by atoms with van der Waals surface area (Å²) >= 11 is 0. The maximum Gasteiger partial charge on any atom is 0.0947 e. The molecular weight excluding hydrogens is 150 g/mol. The molecule has 2 rings (SSSR count). The van der Waals surface area contributed by atoms with Crippen LogP contribution in [0.15, 0.2) is 12.5 Å². The lowest BCUT2D eigenvalue weighted by Crippen LogP contribution is -2.41. The third-order valence-electron chi connectivity index (χ3n) is 2.95. The normalized spacial score (nSPS) is 20.5. The zero-order chi connectivity index (χ0) is 8.60. The van der Waals surface area contributed by atoms with Crippen molar-refractivity contribution in [2.45, 2.75) is 24.7 Å². The third-order valence-corrected chi connectivity index (χ3v) is 2.95. The molecule has 3 heteroatoms. The van der Waals surface area contributed by atoms with Gasteiger partial charge in [-0.1, -0.05) is 6.42 Å². The second kappa shape index (κ2) is 2.59. The molecule has 1 aliphatic carbocycles. The summed E-state index contributed by atoms with van der Waals surface area (Å²) in [5, 5.41) is 0. The number of imidazole rings is 1. The fraction of sp³-hybridized carbons (Fsp3) is 0.667. The highest BCUT2D eigenvalue weighted by molar-refractivity contribution is 5.18. The molecule has 0 atom stereocenters. The van der Waals surface area contributed by atoms with E-state index in [1.54, 1.807) is 0 Å². The quantitative estimate of drug-likeness (QED) is 0.704. The molecule has 0 radical (unpaired) electrons. The first-order chi connectivity index (χ1) is 5.77. The summed E-state index contributed by atoms with van der Waals surface area (Å²) in [6.45, 7) is 0.740. The van der Waals surface area contributed by atoms with Crippen LogP contribution in [0.1, 0.15) is 25.0 Å². The van der Waals surface area contributed by atoms with Gasteiger partial charge in [-0.3, -0.25) is 0 Å². The molecular formula is C9H15N3. The summed E-state index contributed by atoms with van der Waals surface area (Å²) in [6, 6.07) is 0. The van der Waals surface area contributed by atoms with Gasteiger partial charge < -0.3 is 10.3 Å². The SMILES string of the molecule is Cn1cnc(C2(CN)CCC2)c1. The number of hydrogen-bond acceptors (Lipinski definition) is 2. The summed E-state index contributed by atoms with van der Waals surface area (Å²) < 4.78 is 1.99. The maximum absolute atomic E-state index is 5.76. The Labute approximate surface area is 72.6 Å². The van der Waals surface area contributed by atoms with Crippen LogP contribution in [-0.2, 0) is 12.5 Å². The second-order valence-corrected chi connectivity index (χ2v) is 3.76. The van der Waals surface area contributed by atoms with Crippen molar-refractivity contribution in [1.29, 1.82) is 0 Å². The molecule has 2 N–H and O–H groups in total. The average molecular weight is 165 g/mol. The van der Waals surface area contributed by atoms with E-state index in [-0.39, 0.29) is 5.41 Å². The largest absolute Gasteiger partial charge is 0.340 e. The van der Waals surface area contributed by atoms with Gasteiger partial charge in [-0.2, -0.15) is 0 Å². The van der Waals surface area contributed by atoms with Crippen molar-refractivity contribution in [2.24, 2.45) is 12.8 Å². The van der Waals surface area contributed by atoms with Gasteiger partial charge in [0.1, 0.15) is 0 Å². The molecule has 3 nitrogen and oxygen atoms in total. The zero-order valence-corrected chi connectivity index (χ0v) is 7.45. The Kier molecular flexibility index (Phi) is 1.68. The molecule has 0 amide bonds. The molecule has 1 saturated carbocycles.